The lowest BCUT2D eigenvalue weighted by Gasteiger charge is -2.26. The molecule has 3 aromatic rings. The van der Waals surface area contributed by atoms with Crippen LogP contribution in [0.25, 0.3) is 10.9 Å². The van der Waals surface area contributed by atoms with Crippen LogP contribution in [0.1, 0.15) is 15.9 Å². The molecule has 0 bridgehead atoms. The first-order chi connectivity index (χ1) is 14.3. The van der Waals surface area contributed by atoms with E-state index in [-0.39, 0.29) is 27.8 Å². The largest absolute Gasteiger partial charge is 0.418 e. The molecule has 4 rings (SSSR count). The Kier molecular flexibility index (Phi) is 5.48. The Bertz CT molecular complexity index is 1080. The third-order valence-electron chi connectivity index (χ3n) is 4.69. The number of alkyl halides is 3. The quantitative estimate of drug-likeness (QED) is 0.654. The first-order valence-corrected chi connectivity index (χ1v) is 9.47. The summed E-state index contributed by atoms with van der Waals surface area (Å²) >= 11 is 5.99. The molecule has 2 aromatic carbocycles. The molecule has 0 unspecified atom stereocenters. The first-order valence-electron chi connectivity index (χ1n) is 9.09. The fraction of sp³-hybridized carbons (Fsp3) is 0.250. The van der Waals surface area contributed by atoms with Crippen molar-refractivity contribution in [2.45, 2.75) is 6.18 Å². The van der Waals surface area contributed by atoms with Gasteiger partial charge in [-0.05, 0) is 36.4 Å². The molecular weight excluding hydrogens is 421 g/mol. The maximum Gasteiger partial charge on any atom is 0.418 e. The number of ether oxygens (including phenoxy) is 1. The lowest BCUT2D eigenvalue weighted by molar-refractivity contribution is -0.136. The lowest BCUT2D eigenvalue weighted by Crippen LogP contribution is -2.40. The summed E-state index contributed by atoms with van der Waals surface area (Å²) in [7, 11) is 0. The van der Waals surface area contributed by atoms with E-state index in [1.165, 1.54) is 12.3 Å². The average molecular weight is 437 g/mol. The van der Waals surface area contributed by atoms with Crippen molar-refractivity contribution in [3.63, 3.8) is 0 Å². The van der Waals surface area contributed by atoms with Crippen molar-refractivity contribution in [3.8, 4) is 0 Å². The van der Waals surface area contributed by atoms with E-state index in [0.717, 1.165) is 6.07 Å². The number of amides is 1. The number of halogens is 4. The number of fused-ring (bicyclic) bond motifs is 1. The van der Waals surface area contributed by atoms with Crippen molar-refractivity contribution < 1.29 is 22.7 Å². The van der Waals surface area contributed by atoms with Crippen LogP contribution in [-0.4, -0.2) is 47.1 Å². The SMILES string of the molecule is O=C(c1ccc(Nc2ncc3c(Cl)ccc(C(F)(F)F)c3n2)cc1)N1CCOCC1. The van der Waals surface area contributed by atoms with Crippen molar-refractivity contribution in [3.05, 3.63) is 58.7 Å². The monoisotopic (exact) mass is 436 g/mol. The lowest BCUT2D eigenvalue weighted by atomic mass is 10.1. The van der Waals surface area contributed by atoms with E-state index in [2.05, 4.69) is 15.3 Å². The minimum absolute atomic E-state index is 0.0116. The molecule has 1 N–H and O–H groups in total. The van der Waals surface area contributed by atoms with E-state index in [0.29, 0.717) is 37.6 Å². The third kappa shape index (κ3) is 4.17. The number of rotatable bonds is 3. The van der Waals surface area contributed by atoms with Crippen molar-refractivity contribution in [2.24, 2.45) is 0 Å². The normalized spacial score (nSPS) is 14.7. The Morgan fingerprint density at radius 1 is 1.10 bits per heavy atom. The molecule has 0 aliphatic carbocycles. The molecule has 2 heterocycles. The van der Waals surface area contributed by atoms with Gasteiger partial charge in [0, 0.05) is 35.9 Å². The smallest absolute Gasteiger partial charge is 0.378 e. The number of carbonyl (C=O) groups excluding carboxylic acids is 1. The van der Waals surface area contributed by atoms with E-state index >= 15 is 0 Å². The number of hydrogen-bond acceptors (Lipinski definition) is 5. The topological polar surface area (TPSA) is 67.4 Å². The Morgan fingerprint density at radius 2 is 1.80 bits per heavy atom. The highest BCUT2D eigenvalue weighted by atomic mass is 35.5. The van der Waals surface area contributed by atoms with Crippen LogP contribution in [0.3, 0.4) is 0 Å². The van der Waals surface area contributed by atoms with Gasteiger partial charge in [0.1, 0.15) is 0 Å². The molecule has 0 spiro atoms. The number of aromatic nitrogens is 2. The second-order valence-electron chi connectivity index (χ2n) is 6.66. The second-order valence-corrected chi connectivity index (χ2v) is 7.06. The zero-order chi connectivity index (χ0) is 21.3. The van der Waals surface area contributed by atoms with Gasteiger partial charge in [0.2, 0.25) is 5.95 Å². The van der Waals surface area contributed by atoms with Gasteiger partial charge in [0.25, 0.3) is 5.91 Å². The van der Waals surface area contributed by atoms with Crippen molar-refractivity contribution in [2.75, 3.05) is 31.6 Å². The summed E-state index contributed by atoms with van der Waals surface area (Å²) < 4.78 is 45.2. The third-order valence-corrected chi connectivity index (χ3v) is 5.02. The molecule has 1 amide bonds. The fourth-order valence-electron chi connectivity index (χ4n) is 3.15. The van der Waals surface area contributed by atoms with Gasteiger partial charge < -0.3 is 15.0 Å². The van der Waals surface area contributed by atoms with Gasteiger partial charge in [0.15, 0.2) is 0 Å². The average Bonchev–Trinajstić information content (AvgIpc) is 2.74. The Morgan fingerprint density at radius 3 is 2.47 bits per heavy atom. The summed E-state index contributed by atoms with van der Waals surface area (Å²) in [6.45, 7) is 2.09. The van der Waals surface area contributed by atoms with Gasteiger partial charge >= 0.3 is 6.18 Å². The van der Waals surface area contributed by atoms with Gasteiger partial charge in [0.05, 0.1) is 29.3 Å². The molecule has 156 valence electrons. The van der Waals surface area contributed by atoms with Gasteiger partial charge in [-0.1, -0.05) is 11.6 Å². The number of nitrogens with zero attached hydrogens (tertiary/aromatic N) is 3. The van der Waals surface area contributed by atoms with Gasteiger partial charge in [-0.15, -0.1) is 0 Å². The Hall–Kier alpha value is -2.91. The van der Waals surface area contributed by atoms with Gasteiger partial charge in [-0.2, -0.15) is 13.2 Å². The van der Waals surface area contributed by atoms with E-state index in [9.17, 15) is 18.0 Å². The molecule has 10 heteroatoms. The highest BCUT2D eigenvalue weighted by molar-refractivity contribution is 6.35. The molecule has 1 saturated heterocycles. The molecule has 1 aliphatic rings. The predicted molar refractivity (Wildman–Crippen MR) is 106 cm³/mol. The molecule has 1 aromatic heterocycles. The minimum atomic E-state index is -4.57. The summed E-state index contributed by atoms with van der Waals surface area (Å²) in [5.74, 6) is -0.112. The molecule has 0 saturated carbocycles. The Labute approximate surface area is 174 Å². The molecule has 1 fully saturated rings. The maximum atomic E-state index is 13.3. The number of hydrogen-bond donors (Lipinski definition) is 1. The van der Waals surface area contributed by atoms with Crippen LogP contribution < -0.4 is 5.32 Å². The van der Waals surface area contributed by atoms with Crippen LogP contribution in [0.15, 0.2) is 42.6 Å². The highest BCUT2D eigenvalue weighted by Crippen LogP contribution is 2.36. The fourth-order valence-corrected chi connectivity index (χ4v) is 3.35. The second kappa shape index (κ2) is 8.08. The number of anilines is 2. The summed E-state index contributed by atoms with van der Waals surface area (Å²) in [5.41, 5.74) is -0.137. The first kappa shape index (κ1) is 20.4. The predicted octanol–water partition coefficient (Wildman–Crippen LogP) is 4.52. The molecule has 0 radical (unpaired) electrons. The van der Waals surface area contributed by atoms with E-state index in [4.69, 9.17) is 16.3 Å². The highest BCUT2D eigenvalue weighted by Gasteiger charge is 2.34. The molecule has 1 aliphatic heterocycles. The minimum Gasteiger partial charge on any atom is -0.378 e. The van der Waals surface area contributed by atoms with Crippen molar-refractivity contribution >= 4 is 40.0 Å². The molecular formula is C20H16ClF3N4O2. The number of nitrogens with one attached hydrogen (secondary N) is 1. The standard InChI is InChI=1S/C20H16ClF3N4O2/c21-16-6-5-15(20(22,23)24)17-14(16)11-25-19(27-17)26-13-3-1-12(2-4-13)18(29)28-7-9-30-10-8-28/h1-6,11H,7-10H2,(H,25,26,27). The Balaban J connectivity index is 1.57. The van der Waals surface area contributed by atoms with Crippen LogP contribution in [0, 0.1) is 0 Å². The number of carbonyl (C=O) groups is 1. The van der Waals surface area contributed by atoms with Crippen LogP contribution in [0.2, 0.25) is 5.02 Å². The molecule has 6 nitrogen and oxygen atoms in total. The van der Waals surface area contributed by atoms with Crippen LogP contribution in [0.4, 0.5) is 24.8 Å². The van der Waals surface area contributed by atoms with E-state index < -0.39 is 11.7 Å². The maximum absolute atomic E-state index is 13.3. The van der Waals surface area contributed by atoms with Crippen LogP contribution >= 0.6 is 11.6 Å². The summed E-state index contributed by atoms with van der Waals surface area (Å²) in [6, 6.07) is 8.63. The zero-order valence-corrected chi connectivity index (χ0v) is 16.3. The van der Waals surface area contributed by atoms with E-state index in [1.54, 1.807) is 29.2 Å². The summed E-state index contributed by atoms with van der Waals surface area (Å²) in [4.78, 5) is 22.3. The molecule has 30 heavy (non-hydrogen) atoms. The molecule has 0 atom stereocenters. The zero-order valence-electron chi connectivity index (χ0n) is 15.5. The number of morpholine rings is 1. The van der Waals surface area contributed by atoms with Crippen molar-refractivity contribution in [1.82, 2.24) is 14.9 Å². The van der Waals surface area contributed by atoms with E-state index in [1.807, 2.05) is 0 Å². The van der Waals surface area contributed by atoms with Crippen molar-refractivity contribution in [1.29, 1.82) is 0 Å². The van der Waals surface area contributed by atoms with Crippen LogP contribution in [-0.2, 0) is 10.9 Å². The van der Waals surface area contributed by atoms with Crippen LogP contribution in [0.5, 0.6) is 0 Å². The summed E-state index contributed by atoms with van der Waals surface area (Å²) in [6.07, 6.45) is -3.32. The van der Waals surface area contributed by atoms with Gasteiger partial charge in [-0.3, -0.25) is 4.79 Å². The van der Waals surface area contributed by atoms with Gasteiger partial charge in [-0.25, -0.2) is 9.97 Å². The number of benzene rings is 2. The summed E-state index contributed by atoms with van der Waals surface area (Å²) in [5, 5.41) is 3.11.